The highest BCUT2D eigenvalue weighted by Gasteiger charge is 2.19. The predicted octanol–water partition coefficient (Wildman–Crippen LogP) is 1.52. The maximum absolute atomic E-state index is 11.3. The van der Waals surface area contributed by atoms with Crippen molar-refractivity contribution in [1.29, 1.82) is 0 Å². The number of ether oxygens (including phenoxy) is 1. The Morgan fingerprint density at radius 2 is 1.76 bits per heavy atom. The number of hydrogen-bond donors (Lipinski definition) is 2. The summed E-state index contributed by atoms with van der Waals surface area (Å²) in [6.07, 6.45) is 0.685. The molecule has 0 aliphatic heterocycles. The quantitative estimate of drug-likeness (QED) is 0.587. The SMILES string of the molecule is CCC(=O)NC(Cc1ccc(OC(=O)CC)cc1)C(=O)O. The zero-order valence-corrected chi connectivity index (χ0v) is 12.1. The van der Waals surface area contributed by atoms with E-state index in [1.165, 1.54) is 0 Å². The van der Waals surface area contributed by atoms with Gasteiger partial charge in [0.15, 0.2) is 0 Å². The number of amides is 1. The minimum absolute atomic E-state index is 0.170. The molecule has 0 radical (unpaired) electrons. The molecular formula is C15H19NO5. The van der Waals surface area contributed by atoms with Crippen LogP contribution in [0.5, 0.6) is 5.75 Å². The van der Waals surface area contributed by atoms with Crippen molar-refractivity contribution in [3.63, 3.8) is 0 Å². The van der Waals surface area contributed by atoms with Crippen molar-refractivity contribution < 1.29 is 24.2 Å². The van der Waals surface area contributed by atoms with Crippen LogP contribution in [0.1, 0.15) is 32.3 Å². The van der Waals surface area contributed by atoms with Crippen molar-refractivity contribution in [2.75, 3.05) is 0 Å². The number of esters is 1. The number of rotatable bonds is 7. The van der Waals surface area contributed by atoms with Crippen LogP contribution in [0.3, 0.4) is 0 Å². The van der Waals surface area contributed by atoms with Gasteiger partial charge in [0.1, 0.15) is 11.8 Å². The van der Waals surface area contributed by atoms with Gasteiger partial charge < -0.3 is 15.2 Å². The fourth-order valence-electron chi connectivity index (χ4n) is 1.63. The fourth-order valence-corrected chi connectivity index (χ4v) is 1.63. The van der Waals surface area contributed by atoms with Crippen LogP contribution < -0.4 is 10.1 Å². The lowest BCUT2D eigenvalue weighted by Gasteiger charge is -2.14. The Bertz CT molecular complexity index is 509. The molecule has 0 bridgehead atoms. The second-order valence-corrected chi connectivity index (χ2v) is 4.49. The molecule has 6 nitrogen and oxygen atoms in total. The van der Waals surface area contributed by atoms with Crippen molar-refractivity contribution in [2.45, 2.75) is 39.2 Å². The lowest BCUT2D eigenvalue weighted by molar-refractivity contribution is -0.141. The molecule has 2 N–H and O–H groups in total. The van der Waals surface area contributed by atoms with E-state index in [9.17, 15) is 14.4 Å². The van der Waals surface area contributed by atoms with Gasteiger partial charge >= 0.3 is 11.9 Å². The van der Waals surface area contributed by atoms with Gasteiger partial charge in [-0.05, 0) is 17.7 Å². The Morgan fingerprint density at radius 3 is 2.24 bits per heavy atom. The molecule has 21 heavy (non-hydrogen) atoms. The zero-order valence-electron chi connectivity index (χ0n) is 12.1. The van der Waals surface area contributed by atoms with Crippen LogP contribution in [0.25, 0.3) is 0 Å². The molecule has 0 aromatic heterocycles. The predicted molar refractivity (Wildman–Crippen MR) is 75.9 cm³/mol. The highest BCUT2D eigenvalue weighted by atomic mass is 16.5. The summed E-state index contributed by atoms with van der Waals surface area (Å²) in [5.41, 5.74) is 0.732. The molecule has 1 amide bonds. The van der Waals surface area contributed by atoms with E-state index >= 15 is 0 Å². The Balaban J connectivity index is 2.69. The Kier molecular flexibility index (Phi) is 6.39. The van der Waals surface area contributed by atoms with Gasteiger partial charge in [-0.2, -0.15) is 0 Å². The normalized spacial score (nSPS) is 11.5. The summed E-state index contributed by atoms with van der Waals surface area (Å²) in [6, 6.07) is 5.58. The second kappa shape index (κ2) is 8.04. The van der Waals surface area contributed by atoms with Gasteiger partial charge in [0.2, 0.25) is 5.91 Å². The molecule has 1 aromatic carbocycles. The fraction of sp³-hybridized carbons (Fsp3) is 0.400. The van der Waals surface area contributed by atoms with E-state index < -0.39 is 12.0 Å². The Labute approximate surface area is 123 Å². The summed E-state index contributed by atoms with van der Waals surface area (Å²) in [6.45, 7) is 3.36. The third-order valence-electron chi connectivity index (χ3n) is 2.84. The molecule has 0 aliphatic carbocycles. The van der Waals surface area contributed by atoms with E-state index in [1.54, 1.807) is 38.1 Å². The first-order chi connectivity index (χ1) is 9.96. The first-order valence-corrected chi connectivity index (χ1v) is 6.78. The zero-order chi connectivity index (χ0) is 15.8. The average Bonchev–Trinajstić information content (AvgIpc) is 2.47. The largest absolute Gasteiger partial charge is 0.480 e. The van der Waals surface area contributed by atoms with E-state index in [2.05, 4.69) is 5.32 Å². The summed E-state index contributed by atoms with van der Waals surface area (Å²) >= 11 is 0. The van der Waals surface area contributed by atoms with Crippen molar-refractivity contribution in [1.82, 2.24) is 5.32 Å². The number of nitrogens with one attached hydrogen (secondary N) is 1. The molecule has 1 atom stereocenters. The highest BCUT2D eigenvalue weighted by Crippen LogP contribution is 2.14. The van der Waals surface area contributed by atoms with E-state index in [-0.39, 0.29) is 31.1 Å². The van der Waals surface area contributed by atoms with Gasteiger partial charge in [-0.25, -0.2) is 4.79 Å². The first kappa shape index (κ1) is 16.7. The van der Waals surface area contributed by atoms with Crippen LogP contribution >= 0.6 is 0 Å². The molecular weight excluding hydrogens is 274 g/mol. The minimum atomic E-state index is -1.08. The number of carbonyl (C=O) groups is 3. The van der Waals surface area contributed by atoms with Crippen LogP contribution in [-0.2, 0) is 20.8 Å². The molecule has 0 saturated heterocycles. The van der Waals surface area contributed by atoms with Crippen molar-refractivity contribution in [2.24, 2.45) is 0 Å². The molecule has 1 rings (SSSR count). The lowest BCUT2D eigenvalue weighted by Crippen LogP contribution is -2.42. The van der Waals surface area contributed by atoms with Crippen molar-refractivity contribution >= 4 is 17.8 Å². The number of carboxylic acids is 1. The molecule has 6 heteroatoms. The van der Waals surface area contributed by atoms with Crippen molar-refractivity contribution in [3.05, 3.63) is 29.8 Å². The Morgan fingerprint density at radius 1 is 1.14 bits per heavy atom. The molecule has 114 valence electrons. The van der Waals surface area contributed by atoms with E-state index in [4.69, 9.17) is 9.84 Å². The number of carboxylic acid groups (broad SMARTS) is 1. The van der Waals surface area contributed by atoms with Gasteiger partial charge in [-0.1, -0.05) is 26.0 Å². The van der Waals surface area contributed by atoms with Gasteiger partial charge in [-0.15, -0.1) is 0 Å². The summed E-state index contributed by atoms with van der Waals surface area (Å²) in [4.78, 5) is 33.6. The summed E-state index contributed by atoms with van der Waals surface area (Å²) in [5, 5.41) is 11.5. The third kappa shape index (κ3) is 5.64. The topological polar surface area (TPSA) is 92.7 Å². The monoisotopic (exact) mass is 293 g/mol. The molecule has 0 fully saturated rings. The summed E-state index contributed by atoms with van der Waals surface area (Å²) in [7, 11) is 0. The molecule has 0 aliphatic rings. The first-order valence-electron chi connectivity index (χ1n) is 6.78. The van der Waals surface area contributed by atoms with Gasteiger partial charge in [0.05, 0.1) is 0 Å². The van der Waals surface area contributed by atoms with Crippen LogP contribution in [-0.4, -0.2) is 29.0 Å². The minimum Gasteiger partial charge on any atom is -0.480 e. The van der Waals surface area contributed by atoms with Gasteiger partial charge in [0, 0.05) is 19.3 Å². The standard InChI is InChI=1S/C15H19NO5/c1-3-13(17)16-12(15(19)20)9-10-5-7-11(8-6-10)21-14(18)4-2/h5-8,12H,3-4,9H2,1-2H3,(H,16,17)(H,19,20). The molecule has 0 saturated carbocycles. The molecule has 1 unspecified atom stereocenters. The van der Waals surface area contributed by atoms with Crippen LogP contribution in [0, 0.1) is 0 Å². The maximum Gasteiger partial charge on any atom is 0.326 e. The van der Waals surface area contributed by atoms with Crippen LogP contribution in [0.2, 0.25) is 0 Å². The van der Waals surface area contributed by atoms with E-state index in [0.29, 0.717) is 5.75 Å². The third-order valence-corrected chi connectivity index (χ3v) is 2.84. The Hall–Kier alpha value is -2.37. The second-order valence-electron chi connectivity index (χ2n) is 4.49. The van der Waals surface area contributed by atoms with E-state index in [1.807, 2.05) is 0 Å². The molecule has 0 spiro atoms. The number of carbonyl (C=O) groups excluding carboxylic acids is 2. The molecule has 0 heterocycles. The highest BCUT2D eigenvalue weighted by molar-refractivity contribution is 5.83. The maximum atomic E-state index is 11.3. The smallest absolute Gasteiger partial charge is 0.326 e. The lowest BCUT2D eigenvalue weighted by atomic mass is 10.1. The van der Waals surface area contributed by atoms with Crippen molar-refractivity contribution in [3.8, 4) is 5.75 Å². The summed E-state index contributed by atoms with van der Waals surface area (Å²) in [5.74, 6) is -1.31. The number of aliphatic carboxylic acids is 1. The van der Waals surface area contributed by atoms with E-state index in [0.717, 1.165) is 5.56 Å². The van der Waals surface area contributed by atoms with Gasteiger partial charge in [-0.3, -0.25) is 9.59 Å². The van der Waals surface area contributed by atoms with Crippen LogP contribution in [0.15, 0.2) is 24.3 Å². The van der Waals surface area contributed by atoms with Crippen LogP contribution in [0.4, 0.5) is 0 Å². The summed E-state index contributed by atoms with van der Waals surface area (Å²) < 4.78 is 5.03. The molecule has 1 aromatic rings. The number of hydrogen-bond acceptors (Lipinski definition) is 4. The van der Waals surface area contributed by atoms with Gasteiger partial charge in [0.25, 0.3) is 0 Å². The number of benzene rings is 1. The average molecular weight is 293 g/mol.